The van der Waals surface area contributed by atoms with E-state index in [2.05, 4.69) is 11.8 Å². The molecule has 0 aliphatic heterocycles. The molecule has 1 saturated carbocycles. The number of aromatic hydroxyl groups is 1. The Morgan fingerprint density at radius 1 is 1.16 bits per heavy atom. The summed E-state index contributed by atoms with van der Waals surface area (Å²) in [7, 11) is 3.24. The lowest BCUT2D eigenvalue weighted by Crippen LogP contribution is -2.65. The monoisotopic (exact) mass is 615 g/mol. The number of sulfone groups is 1. The Labute approximate surface area is 250 Å². The molecule has 1 aromatic rings. The van der Waals surface area contributed by atoms with E-state index in [0.717, 1.165) is 0 Å². The van der Waals surface area contributed by atoms with E-state index >= 15 is 0 Å². The zero-order chi connectivity index (χ0) is 32.3. The summed E-state index contributed by atoms with van der Waals surface area (Å²) in [4.78, 5) is 42.6. The van der Waals surface area contributed by atoms with Gasteiger partial charge in [0.05, 0.1) is 28.2 Å². The first-order valence-corrected chi connectivity index (χ1v) is 15.5. The molecule has 0 bridgehead atoms. The topological polar surface area (TPSA) is 199 Å². The molecule has 13 heteroatoms. The van der Waals surface area contributed by atoms with Crippen molar-refractivity contribution in [2.24, 2.45) is 17.6 Å². The van der Waals surface area contributed by atoms with Crippen molar-refractivity contribution in [3.8, 4) is 17.6 Å². The van der Waals surface area contributed by atoms with Crippen LogP contribution in [0.5, 0.6) is 5.75 Å². The van der Waals surface area contributed by atoms with Crippen LogP contribution in [0.3, 0.4) is 0 Å². The van der Waals surface area contributed by atoms with E-state index in [4.69, 9.17) is 5.73 Å². The quantitative estimate of drug-likeness (QED) is 0.222. The lowest BCUT2D eigenvalue weighted by Gasteiger charge is -2.50. The molecule has 1 amide bonds. The standard InChI is InChI=1S/C30H37N3O9S/c1-14(2)43(41,42)10-8-7-9-15-13-19(32(3)4)17-11-16-12-18-23(33(5)6)26(36)22(29(31)39)28(38)30(18,40)27(37)20(16)25(35)21(17)24(15)34/h13-14,16,18,23,34-35,38,40H,8,10-12H2,1-6H3,(H2,31,39). The summed E-state index contributed by atoms with van der Waals surface area (Å²) in [5, 5.41) is 45.0. The molecule has 4 atom stereocenters. The number of aliphatic hydroxyl groups is 3. The van der Waals surface area contributed by atoms with Crippen molar-refractivity contribution in [1.82, 2.24) is 4.90 Å². The molecule has 4 rings (SSSR count). The Balaban J connectivity index is 1.90. The number of carbonyl (C=O) groups excluding carboxylic acids is 3. The average molecular weight is 616 g/mol. The molecule has 3 aliphatic carbocycles. The molecule has 0 radical (unpaired) electrons. The number of anilines is 1. The van der Waals surface area contributed by atoms with Crippen LogP contribution in [0.1, 0.15) is 43.4 Å². The fraction of sp³-hybridized carbons (Fsp3) is 0.500. The highest BCUT2D eigenvalue weighted by Gasteiger charge is 2.64. The molecule has 232 valence electrons. The molecule has 0 heterocycles. The Kier molecular flexibility index (Phi) is 8.21. The number of phenolic OH excluding ortho intramolecular Hbond substituents is 1. The predicted octanol–water partition coefficient (Wildman–Crippen LogP) is 0.595. The van der Waals surface area contributed by atoms with Crippen molar-refractivity contribution in [3.63, 3.8) is 0 Å². The molecule has 1 aromatic carbocycles. The maximum Gasteiger partial charge on any atom is 0.255 e. The van der Waals surface area contributed by atoms with Crippen LogP contribution in [0, 0.1) is 23.7 Å². The fourth-order valence-corrected chi connectivity index (χ4v) is 7.23. The number of carbonyl (C=O) groups is 3. The van der Waals surface area contributed by atoms with Gasteiger partial charge in [0.15, 0.2) is 21.2 Å². The number of nitrogens with zero attached hydrogens (tertiary/aromatic N) is 2. The molecule has 0 saturated heterocycles. The zero-order valence-electron chi connectivity index (χ0n) is 24.9. The van der Waals surface area contributed by atoms with Crippen LogP contribution in [0.25, 0.3) is 5.76 Å². The van der Waals surface area contributed by atoms with Gasteiger partial charge in [-0.3, -0.25) is 19.3 Å². The van der Waals surface area contributed by atoms with Gasteiger partial charge in [0.25, 0.3) is 5.91 Å². The number of ketones is 2. The van der Waals surface area contributed by atoms with E-state index in [1.54, 1.807) is 38.9 Å². The van der Waals surface area contributed by atoms with E-state index in [1.807, 2.05) is 0 Å². The summed E-state index contributed by atoms with van der Waals surface area (Å²) in [5.74, 6) is -1.96. The third-order valence-corrected chi connectivity index (χ3v) is 10.8. The molecule has 4 unspecified atom stereocenters. The largest absolute Gasteiger partial charge is 0.508 e. The van der Waals surface area contributed by atoms with Gasteiger partial charge in [-0.1, -0.05) is 11.8 Å². The van der Waals surface area contributed by atoms with Crippen LogP contribution < -0.4 is 10.6 Å². The average Bonchev–Trinajstić information content (AvgIpc) is 2.89. The highest BCUT2D eigenvalue weighted by Crippen LogP contribution is 2.54. The Morgan fingerprint density at radius 3 is 2.33 bits per heavy atom. The molecule has 0 aromatic heterocycles. The Morgan fingerprint density at radius 2 is 1.79 bits per heavy atom. The van der Waals surface area contributed by atoms with Gasteiger partial charge >= 0.3 is 0 Å². The number of nitrogens with two attached hydrogens (primary N) is 1. The van der Waals surface area contributed by atoms with Gasteiger partial charge in [0.2, 0.25) is 5.78 Å². The second kappa shape index (κ2) is 11.0. The summed E-state index contributed by atoms with van der Waals surface area (Å²) in [6.45, 7) is 3.15. The highest BCUT2D eigenvalue weighted by atomic mass is 32.2. The number of rotatable bonds is 6. The van der Waals surface area contributed by atoms with Crippen LogP contribution in [0.4, 0.5) is 5.69 Å². The molecule has 3 aliphatic rings. The van der Waals surface area contributed by atoms with Gasteiger partial charge in [-0.25, -0.2) is 8.42 Å². The van der Waals surface area contributed by atoms with Crippen molar-refractivity contribution < 1.29 is 43.2 Å². The first-order chi connectivity index (χ1) is 19.9. The van der Waals surface area contributed by atoms with Crippen LogP contribution in [-0.2, 0) is 30.6 Å². The SMILES string of the molecule is CC(C)S(=O)(=O)CCC#Cc1cc(N(C)C)c2c(c1O)C(O)=C1C(=O)C3(O)C(O)=C(C(N)=O)C(=O)C(N(C)C)C3CC1C2. The molecule has 0 spiro atoms. The van der Waals surface area contributed by atoms with Gasteiger partial charge in [0, 0.05) is 37.7 Å². The summed E-state index contributed by atoms with van der Waals surface area (Å²) in [5.41, 5.74) is 2.57. The van der Waals surface area contributed by atoms with Gasteiger partial charge in [-0.15, -0.1) is 0 Å². The second-order valence-corrected chi connectivity index (χ2v) is 14.6. The van der Waals surface area contributed by atoms with Crippen molar-refractivity contribution in [1.29, 1.82) is 0 Å². The maximum absolute atomic E-state index is 14.0. The number of benzene rings is 1. The van der Waals surface area contributed by atoms with Gasteiger partial charge < -0.3 is 31.1 Å². The van der Waals surface area contributed by atoms with E-state index in [0.29, 0.717) is 11.3 Å². The van der Waals surface area contributed by atoms with Gasteiger partial charge in [-0.05, 0) is 58.3 Å². The number of aliphatic hydroxyl groups excluding tert-OH is 2. The number of hydrogen-bond donors (Lipinski definition) is 5. The Bertz CT molecular complexity index is 1660. The van der Waals surface area contributed by atoms with Crippen molar-refractivity contribution in [3.05, 3.63) is 39.7 Å². The summed E-state index contributed by atoms with van der Waals surface area (Å²) in [6, 6.07) is 0.439. The predicted molar refractivity (Wildman–Crippen MR) is 159 cm³/mol. The van der Waals surface area contributed by atoms with Crippen molar-refractivity contribution in [2.45, 2.75) is 50.0 Å². The van der Waals surface area contributed by atoms with Gasteiger partial charge in [-0.2, -0.15) is 0 Å². The van der Waals surface area contributed by atoms with Crippen molar-refractivity contribution >= 4 is 38.8 Å². The number of amides is 1. The first kappa shape index (κ1) is 32.1. The minimum Gasteiger partial charge on any atom is -0.508 e. The van der Waals surface area contributed by atoms with Crippen LogP contribution in [0.2, 0.25) is 0 Å². The van der Waals surface area contributed by atoms with E-state index < -0.39 is 78.9 Å². The van der Waals surface area contributed by atoms with E-state index in [-0.39, 0.29) is 41.7 Å². The molecular formula is C30H37N3O9S. The maximum atomic E-state index is 14.0. The minimum atomic E-state index is -3.33. The minimum absolute atomic E-state index is 0.00988. The van der Waals surface area contributed by atoms with Crippen LogP contribution >= 0.6 is 0 Å². The zero-order valence-corrected chi connectivity index (χ0v) is 25.7. The molecule has 43 heavy (non-hydrogen) atoms. The smallest absolute Gasteiger partial charge is 0.255 e. The van der Waals surface area contributed by atoms with Gasteiger partial charge in [0.1, 0.15) is 22.8 Å². The van der Waals surface area contributed by atoms with E-state index in [1.165, 1.54) is 19.0 Å². The third kappa shape index (κ3) is 4.97. The van der Waals surface area contributed by atoms with Crippen LogP contribution in [0.15, 0.2) is 23.0 Å². The number of phenols is 1. The first-order valence-electron chi connectivity index (χ1n) is 13.8. The fourth-order valence-electron chi connectivity index (χ4n) is 6.37. The lowest BCUT2D eigenvalue weighted by atomic mass is 9.57. The Hall–Kier alpha value is -3.86. The summed E-state index contributed by atoms with van der Waals surface area (Å²) in [6.07, 6.45) is 0.122. The van der Waals surface area contributed by atoms with Crippen molar-refractivity contribution in [2.75, 3.05) is 38.8 Å². The number of hydrogen-bond acceptors (Lipinski definition) is 11. The number of Topliss-reactive ketones (excluding diaryl/α,β-unsaturated/α-hetero) is 2. The molecule has 6 N–H and O–H groups in total. The number of primary amides is 1. The summed E-state index contributed by atoms with van der Waals surface area (Å²) >= 11 is 0. The molecular weight excluding hydrogens is 578 g/mol. The third-order valence-electron chi connectivity index (χ3n) is 8.63. The number of likely N-dealkylation sites (N-methyl/N-ethyl adjacent to an activating group) is 1. The molecule has 12 nitrogen and oxygen atoms in total. The van der Waals surface area contributed by atoms with E-state index in [9.17, 15) is 43.2 Å². The normalized spacial score (nSPS) is 25.3. The highest BCUT2D eigenvalue weighted by molar-refractivity contribution is 7.91. The molecule has 1 fully saturated rings. The summed E-state index contributed by atoms with van der Waals surface area (Å²) < 4.78 is 24.3. The lowest BCUT2D eigenvalue weighted by molar-refractivity contribution is -0.153. The second-order valence-electron chi connectivity index (χ2n) is 12.0. The van der Waals surface area contributed by atoms with Crippen LogP contribution in [-0.4, -0.2) is 102 Å². The number of fused-ring (bicyclic) bond motifs is 3.